The predicted octanol–water partition coefficient (Wildman–Crippen LogP) is 3.65. The van der Waals surface area contributed by atoms with E-state index in [0.29, 0.717) is 42.3 Å². The standard InChI is InChI=1S/C20H23ClFN5O/c1-13(2)23-19-3-4-27(24-19)20(28)26-11-15-9-25(10-16(15)12-26)8-14-5-17(21)7-18(22)6-14/h3-7,15-16H,1,8-12H2,2H3,(H,23,24). The van der Waals surface area contributed by atoms with Crippen molar-refractivity contribution in [2.45, 2.75) is 13.5 Å². The maximum absolute atomic E-state index is 13.5. The van der Waals surface area contributed by atoms with Crippen LogP contribution in [-0.2, 0) is 6.54 Å². The molecular weight excluding hydrogens is 381 g/mol. The minimum atomic E-state index is -0.307. The third kappa shape index (κ3) is 4.05. The molecule has 2 aliphatic rings. The van der Waals surface area contributed by atoms with E-state index in [-0.39, 0.29) is 11.8 Å². The van der Waals surface area contributed by atoms with Crippen molar-refractivity contribution >= 4 is 23.4 Å². The highest BCUT2D eigenvalue weighted by Crippen LogP contribution is 2.32. The molecule has 4 rings (SSSR count). The zero-order chi connectivity index (χ0) is 19.8. The van der Waals surface area contributed by atoms with Crippen LogP contribution in [-0.4, -0.2) is 51.8 Å². The SMILES string of the molecule is C=C(C)Nc1ccn(C(=O)N2CC3CN(Cc4cc(F)cc(Cl)c4)CC3C2)n1. The lowest BCUT2D eigenvalue weighted by Gasteiger charge is -2.21. The smallest absolute Gasteiger partial charge is 0.343 e. The van der Waals surface area contributed by atoms with E-state index in [1.165, 1.54) is 16.8 Å². The first-order chi connectivity index (χ1) is 13.4. The summed E-state index contributed by atoms with van der Waals surface area (Å²) in [5.74, 6) is 1.16. The highest BCUT2D eigenvalue weighted by molar-refractivity contribution is 6.30. The fraction of sp³-hybridized carbons (Fsp3) is 0.400. The summed E-state index contributed by atoms with van der Waals surface area (Å²) in [5.41, 5.74) is 1.65. The number of hydrogen-bond acceptors (Lipinski definition) is 4. The van der Waals surface area contributed by atoms with Crippen LogP contribution in [0.2, 0.25) is 5.02 Å². The molecule has 1 N–H and O–H groups in total. The van der Waals surface area contributed by atoms with E-state index in [1.54, 1.807) is 12.3 Å². The number of carbonyl (C=O) groups excluding carboxylic acids is 1. The van der Waals surface area contributed by atoms with E-state index >= 15 is 0 Å². The largest absolute Gasteiger partial charge is 0.344 e. The van der Waals surface area contributed by atoms with Gasteiger partial charge in [-0.2, -0.15) is 4.68 Å². The van der Waals surface area contributed by atoms with Crippen molar-refractivity contribution in [3.05, 3.63) is 59.1 Å². The molecule has 2 fully saturated rings. The van der Waals surface area contributed by atoms with Gasteiger partial charge in [0.2, 0.25) is 0 Å². The summed E-state index contributed by atoms with van der Waals surface area (Å²) in [7, 11) is 0. The molecule has 6 nitrogen and oxygen atoms in total. The molecule has 0 saturated carbocycles. The number of nitrogens with one attached hydrogen (secondary N) is 1. The average molecular weight is 404 g/mol. The summed E-state index contributed by atoms with van der Waals surface area (Å²) >= 11 is 5.95. The number of halogens is 2. The molecule has 1 aromatic heterocycles. The molecule has 2 aliphatic heterocycles. The van der Waals surface area contributed by atoms with Gasteiger partial charge in [-0.25, -0.2) is 9.18 Å². The fourth-order valence-electron chi connectivity index (χ4n) is 4.20. The molecule has 0 spiro atoms. The second-order valence-electron chi connectivity index (χ2n) is 7.73. The highest BCUT2D eigenvalue weighted by Gasteiger charge is 2.41. The van der Waals surface area contributed by atoms with Gasteiger partial charge < -0.3 is 10.2 Å². The van der Waals surface area contributed by atoms with Gasteiger partial charge in [0.25, 0.3) is 0 Å². The number of rotatable bonds is 4. The number of allylic oxidation sites excluding steroid dienone is 1. The molecule has 0 aliphatic carbocycles. The lowest BCUT2D eigenvalue weighted by Crippen LogP contribution is -2.36. The summed E-state index contributed by atoms with van der Waals surface area (Å²) < 4.78 is 14.9. The maximum atomic E-state index is 13.5. The predicted molar refractivity (Wildman–Crippen MR) is 107 cm³/mol. The van der Waals surface area contributed by atoms with Crippen LogP contribution in [0.15, 0.2) is 42.7 Å². The van der Waals surface area contributed by atoms with Gasteiger partial charge in [0.15, 0.2) is 5.82 Å². The molecule has 1 amide bonds. The average Bonchev–Trinajstić information content (AvgIpc) is 3.27. The molecule has 0 bridgehead atoms. The Morgan fingerprint density at radius 2 is 2.00 bits per heavy atom. The Morgan fingerprint density at radius 1 is 1.29 bits per heavy atom. The molecule has 3 heterocycles. The summed E-state index contributed by atoms with van der Waals surface area (Å²) in [6.45, 7) is 9.51. The number of nitrogens with zero attached hydrogens (tertiary/aromatic N) is 4. The first-order valence-corrected chi connectivity index (χ1v) is 9.70. The normalized spacial score (nSPS) is 21.8. The van der Waals surface area contributed by atoms with Crippen molar-refractivity contribution in [3.8, 4) is 0 Å². The lowest BCUT2D eigenvalue weighted by molar-refractivity contribution is 0.197. The summed E-state index contributed by atoms with van der Waals surface area (Å²) in [6, 6.07) is 6.31. The Labute approximate surface area is 168 Å². The third-order valence-electron chi connectivity index (χ3n) is 5.29. The second kappa shape index (κ2) is 7.56. The van der Waals surface area contributed by atoms with E-state index < -0.39 is 0 Å². The van der Waals surface area contributed by atoms with Gasteiger partial charge in [-0.3, -0.25) is 4.90 Å². The van der Waals surface area contributed by atoms with Gasteiger partial charge in [-0.05, 0) is 42.5 Å². The Bertz CT molecular complexity index is 880. The van der Waals surface area contributed by atoms with Crippen molar-refractivity contribution in [2.75, 3.05) is 31.5 Å². The number of amides is 1. The number of anilines is 1. The number of aromatic nitrogens is 2. The van der Waals surface area contributed by atoms with Crippen molar-refractivity contribution < 1.29 is 9.18 Å². The Morgan fingerprint density at radius 3 is 2.64 bits per heavy atom. The molecule has 2 unspecified atom stereocenters. The van der Waals surface area contributed by atoms with Crippen LogP contribution in [0.4, 0.5) is 15.0 Å². The molecule has 8 heteroatoms. The second-order valence-corrected chi connectivity index (χ2v) is 8.17. The van der Waals surface area contributed by atoms with Crippen LogP contribution in [0.3, 0.4) is 0 Å². The van der Waals surface area contributed by atoms with E-state index in [4.69, 9.17) is 11.6 Å². The third-order valence-corrected chi connectivity index (χ3v) is 5.51. The van der Waals surface area contributed by atoms with E-state index in [9.17, 15) is 9.18 Å². The zero-order valence-corrected chi connectivity index (χ0v) is 16.5. The molecule has 1 aromatic carbocycles. The van der Waals surface area contributed by atoms with Gasteiger partial charge in [0, 0.05) is 55.7 Å². The fourth-order valence-corrected chi connectivity index (χ4v) is 4.44. The number of benzene rings is 1. The van der Waals surface area contributed by atoms with Gasteiger partial charge >= 0.3 is 6.03 Å². The van der Waals surface area contributed by atoms with Crippen LogP contribution in [0.5, 0.6) is 0 Å². The number of likely N-dealkylation sites (tertiary alicyclic amines) is 2. The van der Waals surface area contributed by atoms with Crippen molar-refractivity contribution in [1.29, 1.82) is 0 Å². The molecule has 28 heavy (non-hydrogen) atoms. The van der Waals surface area contributed by atoms with Crippen LogP contribution < -0.4 is 5.32 Å². The van der Waals surface area contributed by atoms with Crippen molar-refractivity contribution in [1.82, 2.24) is 19.6 Å². The highest BCUT2D eigenvalue weighted by atomic mass is 35.5. The van der Waals surface area contributed by atoms with E-state index in [1.807, 2.05) is 17.9 Å². The molecular formula is C20H23ClFN5O. The number of fused-ring (bicyclic) bond motifs is 1. The van der Waals surface area contributed by atoms with Crippen LogP contribution in [0, 0.1) is 17.7 Å². The summed E-state index contributed by atoms with van der Waals surface area (Å²) in [4.78, 5) is 16.9. The van der Waals surface area contributed by atoms with E-state index in [2.05, 4.69) is 21.9 Å². The van der Waals surface area contributed by atoms with Gasteiger partial charge in [-0.15, -0.1) is 5.10 Å². The molecule has 0 radical (unpaired) electrons. The molecule has 148 valence electrons. The monoisotopic (exact) mass is 403 g/mol. The van der Waals surface area contributed by atoms with Crippen LogP contribution in [0.25, 0.3) is 0 Å². The molecule has 2 aromatic rings. The maximum Gasteiger partial charge on any atom is 0.344 e. The lowest BCUT2D eigenvalue weighted by atomic mass is 10.0. The van der Waals surface area contributed by atoms with Gasteiger partial charge in [0.05, 0.1) is 0 Å². The first kappa shape index (κ1) is 19.0. The van der Waals surface area contributed by atoms with Crippen LogP contribution in [0.1, 0.15) is 12.5 Å². The topological polar surface area (TPSA) is 53.4 Å². The minimum absolute atomic E-state index is 0.104. The van der Waals surface area contributed by atoms with Crippen LogP contribution >= 0.6 is 11.6 Å². The van der Waals surface area contributed by atoms with Crippen molar-refractivity contribution in [2.24, 2.45) is 11.8 Å². The Balaban J connectivity index is 1.34. The molecule has 2 saturated heterocycles. The zero-order valence-electron chi connectivity index (χ0n) is 15.7. The van der Waals surface area contributed by atoms with Crippen molar-refractivity contribution in [3.63, 3.8) is 0 Å². The summed E-state index contributed by atoms with van der Waals surface area (Å²) in [5, 5.41) is 7.70. The number of hydrogen-bond donors (Lipinski definition) is 1. The van der Waals surface area contributed by atoms with E-state index in [0.717, 1.165) is 24.4 Å². The minimum Gasteiger partial charge on any atom is -0.343 e. The van der Waals surface area contributed by atoms with Gasteiger partial charge in [-0.1, -0.05) is 18.2 Å². The summed E-state index contributed by atoms with van der Waals surface area (Å²) in [6.07, 6.45) is 1.67. The Hall–Kier alpha value is -2.38. The van der Waals surface area contributed by atoms with Gasteiger partial charge in [0.1, 0.15) is 5.82 Å². The quantitative estimate of drug-likeness (QED) is 0.846. The Kier molecular flexibility index (Phi) is 5.12. The number of carbonyl (C=O) groups is 1. The first-order valence-electron chi connectivity index (χ1n) is 9.32. The molecule has 2 atom stereocenters.